The number of aliphatic hydroxyl groups excluding tert-OH is 1. The molecule has 18 heavy (non-hydrogen) atoms. The first-order valence-corrected chi connectivity index (χ1v) is 6.02. The maximum Gasteiger partial charge on any atom is 0.340 e. The lowest BCUT2D eigenvalue weighted by Crippen LogP contribution is -2.39. The van der Waals surface area contributed by atoms with Crippen molar-refractivity contribution in [3.63, 3.8) is 0 Å². The van der Waals surface area contributed by atoms with Crippen molar-refractivity contribution in [2.45, 2.75) is 18.9 Å². The number of aliphatic hydroxyl groups is 1. The monoisotopic (exact) mass is 250 g/mol. The van der Waals surface area contributed by atoms with Gasteiger partial charge in [0.25, 0.3) is 0 Å². The molecule has 0 aliphatic carbocycles. The van der Waals surface area contributed by atoms with E-state index in [0.29, 0.717) is 17.8 Å². The molecule has 2 rings (SSSR count). The van der Waals surface area contributed by atoms with Crippen molar-refractivity contribution < 1.29 is 14.6 Å². The van der Waals surface area contributed by atoms with E-state index in [9.17, 15) is 9.90 Å². The van der Waals surface area contributed by atoms with Gasteiger partial charge in [-0.3, -0.25) is 0 Å². The quantitative estimate of drug-likeness (QED) is 0.605. The molecule has 1 saturated heterocycles. The second-order valence-corrected chi connectivity index (χ2v) is 4.51. The van der Waals surface area contributed by atoms with Gasteiger partial charge in [-0.15, -0.1) is 0 Å². The number of nitrogens with two attached hydrogens (primary N) is 1. The first kappa shape index (κ1) is 12.7. The zero-order chi connectivity index (χ0) is 13.1. The van der Waals surface area contributed by atoms with Crippen LogP contribution in [0.1, 0.15) is 23.2 Å². The number of esters is 1. The zero-order valence-corrected chi connectivity index (χ0v) is 10.4. The predicted octanol–water partition coefficient (Wildman–Crippen LogP) is 1.02. The molecule has 3 N–H and O–H groups in total. The van der Waals surface area contributed by atoms with E-state index < -0.39 is 5.97 Å². The van der Waals surface area contributed by atoms with Crippen LogP contribution in [0.4, 0.5) is 11.4 Å². The second kappa shape index (κ2) is 5.27. The Kier molecular flexibility index (Phi) is 3.72. The third-order valence-electron chi connectivity index (χ3n) is 3.16. The Morgan fingerprint density at radius 2 is 2.33 bits per heavy atom. The van der Waals surface area contributed by atoms with E-state index in [1.807, 2.05) is 4.90 Å². The standard InChI is InChI=1S/C13H18N2O3/c1-18-13(17)11-7-9(14)4-5-12(11)15-6-2-3-10(16)8-15/h4-5,7,10,16H,2-3,6,8,14H2,1H3. The summed E-state index contributed by atoms with van der Waals surface area (Å²) in [5.41, 5.74) is 7.45. The maximum atomic E-state index is 11.7. The number of rotatable bonds is 2. The number of β-amino-alcohol motifs (C(OH)–C–C–N with tert-alkyl or cyclic N) is 1. The van der Waals surface area contributed by atoms with E-state index in [2.05, 4.69) is 0 Å². The van der Waals surface area contributed by atoms with Crippen LogP contribution in [0.15, 0.2) is 18.2 Å². The van der Waals surface area contributed by atoms with E-state index in [-0.39, 0.29) is 6.10 Å². The molecule has 1 aromatic rings. The molecule has 0 saturated carbocycles. The molecule has 1 heterocycles. The van der Waals surface area contributed by atoms with Gasteiger partial charge >= 0.3 is 5.97 Å². The number of ether oxygens (including phenoxy) is 1. The van der Waals surface area contributed by atoms with Gasteiger partial charge in [-0.05, 0) is 31.0 Å². The van der Waals surface area contributed by atoms with Gasteiger partial charge in [0.15, 0.2) is 0 Å². The smallest absolute Gasteiger partial charge is 0.340 e. The van der Waals surface area contributed by atoms with Crippen molar-refractivity contribution in [1.29, 1.82) is 0 Å². The lowest BCUT2D eigenvalue weighted by atomic mass is 10.0. The number of nitrogen functional groups attached to an aromatic ring is 1. The normalized spacial score (nSPS) is 19.7. The van der Waals surface area contributed by atoms with Crippen LogP contribution in [-0.4, -0.2) is 37.4 Å². The highest BCUT2D eigenvalue weighted by atomic mass is 16.5. The Morgan fingerprint density at radius 3 is 3.00 bits per heavy atom. The van der Waals surface area contributed by atoms with Gasteiger partial charge in [-0.25, -0.2) is 4.79 Å². The molecular formula is C13H18N2O3. The summed E-state index contributed by atoms with van der Waals surface area (Å²) in [7, 11) is 1.35. The minimum atomic E-state index is -0.405. The topological polar surface area (TPSA) is 75.8 Å². The maximum absolute atomic E-state index is 11.7. The minimum absolute atomic E-state index is 0.346. The van der Waals surface area contributed by atoms with Gasteiger partial charge in [0, 0.05) is 18.8 Å². The average Bonchev–Trinajstić information content (AvgIpc) is 2.37. The van der Waals surface area contributed by atoms with Crippen molar-refractivity contribution in [1.82, 2.24) is 0 Å². The summed E-state index contributed by atoms with van der Waals surface area (Å²) in [5, 5.41) is 9.70. The van der Waals surface area contributed by atoms with Crippen molar-refractivity contribution in [2.75, 3.05) is 30.8 Å². The van der Waals surface area contributed by atoms with Gasteiger partial charge in [0.2, 0.25) is 0 Å². The lowest BCUT2D eigenvalue weighted by Gasteiger charge is -2.33. The summed E-state index contributed by atoms with van der Waals surface area (Å²) in [5.74, 6) is -0.405. The number of anilines is 2. The van der Waals surface area contributed by atoms with E-state index in [4.69, 9.17) is 10.5 Å². The fourth-order valence-electron chi connectivity index (χ4n) is 2.28. The molecule has 1 atom stereocenters. The Balaban J connectivity index is 2.34. The molecule has 0 bridgehead atoms. The number of piperidine rings is 1. The largest absolute Gasteiger partial charge is 0.465 e. The van der Waals surface area contributed by atoms with Crippen LogP contribution < -0.4 is 10.6 Å². The first-order chi connectivity index (χ1) is 8.61. The molecule has 5 nitrogen and oxygen atoms in total. The van der Waals surface area contributed by atoms with Crippen LogP contribution in [0.3, 0.4) is 0 Å². The van der Waals surface area contributed by atoms with Gasteiger partial charge in [-0.2, -0.15) is 0 Å². The number of carbonyl (C=O) groups excluding carboxylic acids is 1. The van der Waals surface area contributed by atoms with Gasteiger partial charge in [-0.1, -0.05) is 0 Å². The molecule has 1 aromatic carbocycles. The van der Waals surface area contributed by atoms with E-state index in [1.54, 1.807) is 18.2 Å². The summed E-state index contributed by atoms with van der Waals surface area (Å²) in [6.07, 6.45) is 1.37. The molecule has 1 fully saturated rings. The lowest BCUT2D eigenvalue weighted by molar-refractivity contribution is 0.0601. The highest BCUT2D eigenvalue weighted by molar-refractivity contribution is 5.97. The predicted molar refractivity (Wildman–Crippen MR) is 69.6 cm³/mol. The third-order valence-corrected chi connectivity index (χ3v) is 3.16. The van der Waals surface area contributed by atoms with Gasteiger partial charge < -0.3 is 20.5 Å². The zero-order valence-electron chi connectivity index (χ0n) is 10.4. The highest BCUT2D eigenvalue weighted by Gasteiger charge is 2.22. The van der Waals surface area contributed by atoms with E-state index >= 15 is 0 Å². The van der Waals surface area contributed by atoms with Crippen LogP contribution in [0.25, 0.3) is 0 Å². The summed E-state index contributed by atoms with van der Waals surface area (Å²) in [6, 6.07) is 5.17. The molecule has 1 aliphatic rings. The summed E-state index contributed by atoms with van der Waals surface area (Å²) < 4.78 is 4.77. The number of carbonyl (C=O) groups is 1. The Morgan fingerprint density at radius 1 is 1.56 bits per heavy atom. The van der Waals surface area contributed by atoms with E-state index in [1.165, 1.54) is 7.11 Å². The number of hydrogen-bond acceptors (Lipinski definition) is 5. The first-order valence-electron chi connectivity index (χ1n) is 6.02. The fraction of sp³-hybridized carbons (Fsp3) is 0.462. The molecule has 1 aliphatic heterocycles. The highest BCUT2D eigenvalue weighted by Crippen LogP contribution is 2.26. The Labute approximate surface area is 106 Å². The SMILES string of the molecule is COC(=O)c1cc(N)ccc1N1CCCC(O)C1. The molecule has 98 valence electrons. The summed E-state index contributed by atoms with van der Waals surface area (Å²) in [4.78, 5) is 13.7. The van der Waals surface area contributed by atoms with Crippen molar-refractivity contribution >= 4 is 17.3 Å². The fourth-order valence-corrected chi connectivity index (χ4v) is 2.28. The molecule has 0 radical (unpaired) electrons. The number of nitrogens with zero attached hydrogens (tertiary/aromatic N) is 1. The summed E-state index contributed by atoms with van der Waals surface area (Å²) >= 11 is 0. The molecule has 0 aromatic heterocycles. The van der Waals surface area contributed by atoms with Crippen molar-refractivity contribution in [3.05, 3.63) is 23.8 Å². The van der Waals surface area contributed by atoms with E-state index in [0.717, 1.165) is 25.1 Å². The number of methoxy groups -OCH3 is 1. The van der Waals surface area contributed by atoms with Crippen LogP contribution in [0.5, 0.6) is 0 Å². The molecule has 0 amide bonds. The second-order valence-electron chi connectivity index (χ2n) is 4.51. The third kappa shape index (κ3) is 2.56. The Bertz CT molecular complexity index is 448. The average molecular weight is 250 g/mol. The molecule has 0 spiro atoms. The van der Waals surface area contributed by atoms with Crippen LogP contribution in [0.2, 0.25) is 0 Å². The minimum Gasteiger partial charge on any atom is -0.465 e. The number of benzene rings is 1. The molecule has 1 unspecified atom stereocenters. The van der Waals surface area contributed by atoms with Gasteiger partial charge in [0.1, 0.15) is 0 Å². The number of hydrogen-bond donors (Lipinski definition) is 2. The molecular weight excluding hydrogens is 232 g/mol. The Hall–Kier alpha value is -1.75. The van der Waals surface area contributed by atoms with Gasteiger partial charge in [0.05, 0.1) is 24.5 Å². The summed E-state index contributed by atoms with van der Waals surface area (Å²) in [6.45, 7) is 1.36. The van der Waals surface area contributed by atoms with Crippen LogP contribution in [-0.2, 0) is 4.74 Å². The van der Waals surface area contributed by atoms with Crippen LogP contribution in [0, 0.1) is 0 Å². The molecule has 5 heteroatoms. The van der Waals surface area contributed by atoms with Crippen molar-refractivity contribution in [2.24, 2.45) is 0 Å². The van der Waals surface area contributed by atoms with Crippen molar-refractivity contribution in [3.8, 4) is 0 Å². The van der Waals surface area contributed by atoms with Crippen LogP contribution >= 0.6 is 0 Å².